The van der Waals surface area contributed by atoms with Gasteiger partial charge >= 0.3 is 0 Å². The van der Waals surface area contributed by atoms with E-state index in [1.807, 2.05) is 55.5 Å². The average Bonchev–Trinajstić information content (AvgIpc) is 3.25. The normalized spacial score (nSPS) is 10.9. The van der Waals surface area contributed by atoms with Crippen molar-refractivity contribution in [2.24, 2.45) is 0 Å². The zero-order valence-corrected chi connectivity index (χ0v) is 18.5. The third kappa shape index (κ3) is 4.18. The third-order valence-corrected chi connectivity index (χ3v) is 5.29. The first-order chi connectivity index (χ1) is 16.1. The first kappa shape index (κ1) is 20.4. The first-order valence-corrected chi connectivity index (χ1v) is 10.6. The molecule has 0 unspecified atom stereocenters. The molecule has 0 spiro atoms. The fourth-order valence-corrected chi connectivity index (χ4v) is 3.61. The van der Waals surface area contributed by atoms with Crippen molar-refractivity contribution in [2.75, 3.05) is 17.7 Å². The molecule has 0 aliphatic heterocycles. The Balaban J connectivity index is 1.40. The molecule has 0 saturated carbocycles. The average molecular weight is 438 g/mol. The number of nitrogens with zero attached hydrogens (tertiary/aromatic N) is 4. The van der Waals surface area contributed by atoms with Crippen LogP contribution < -0.4 is 15.4 Å². The summed E-state index contributed by atoms with van der Waals surface area (Å²) >= 11 is 0. The van der Waals surface area contributed by atoms with Crippen LogP contribution in [0.15, 0.2) is 67.0 Å². The number of aryl methyl sites for hydroxylation is 2. The lowest BCUT2D eigenvalue weighted by Crippen LogP contribution is -1.99. The molecular weight excluding hydrogens is 414 g/mol. The number of aromatic nitrogens is 5. The SMILES string of the molecule is CNc1nccc(-c2cccnc2Oc2ccc(Nc3nc4c(C)cccc4[nH]3)cc2C)n1. The van der Waals surface area contributed by atoms with Crippen molar-refractivity contribution in [3.63, 3.8) is 0 Å². The number of benzene rings is 2. The van der Waals surface area contributed by atoms with Gasteiger partial charge in [-0.05, 0) is 67.4 Å². The van der Waals surface area contributed by atoms with Gasteiger partial charge in [0.05, 0.1) is 22.3 Å². The second-order valence-corrected chi connectivity index (χ2v) is 7.64. The van der Waals surface area contributed by atoms with E-state index >= 15 is 0 Å². The molecule has 0 aliphatic rings. The van der Waals surface area contributed by atoms with Crippen LogP contribution in [0.5, 0.6) is 11.6 Å². The van der Waals surface area contributed by atoms with E-state index in [-0.39, 0.29) is 0 Å². The second-order valence-electron chi connectivity index (χ2n) is 7.64. The monoisotopic (exact) mass is 437 g/mol. The van der Waals surface area contributed by atoms with Crippen molar-refractivity contribution in [1.29, 1.82) is 0 Å². The molecule has 0 amide bonds. The van der Waals surface area contributed by atoms with Gasteiger partial charge < -0.3 is 20.4 Å². The number of pyridine rings is 1. The van der Waals surface area contributed by atoms with Gasteiger partial charge in [-0.25, -0.2) is 19.9 Å². The van der Waals surface area contributed by atoms with Crippen molar-refractivity contribution in [3.8, 4) is 22.9 Å². The Hall–Kier alpha value is -4.46. The molecule has 0 fully saturated rings. The summed E-state index contributed by atoms with van der Waals surface area (Å²) in [5, 5.41) is 6.30. The third-order valence-electron chi connectivity index (χ3n) is 5.29. The summed E-state index contributed by atoms with van der Waals surface area (Å²) in [6, 6.07) is 17.6. The highest BCUT2D eigenvalue weighted by molar-refractivity contribution is 5.81. The minimum Gasteiger partial charge on any atom is -0.438 e. The zero-order chi connectivity index (χ0) is 22.8. The van der Waals surface area contributed by atoms with Crippen LogP contribution in [0.1, 0.15) is 11.1 Å². The van der Waals surface area contributed by atoms with Gasteiger partial charge in [0.2, 0.25) is 17.8 Å². The summed E-state index contributed by atoms with van der Waals surface area (Å²) in [5.74, 6) is 2.43. The van der Waals surface area contributed by atoms with E-state index in [1.165, 1.54) is 0 Å². The topological polar surface area (TPSA) is 101 Å². The number of rotatable bonds is 6. The maximum Gasteiger partial charge on any atom is 0.228 e. The second kappa shape index (κ2) is 8.58. The smallest absolute Gasteiger partial charge is 0.228 e. The minimum absolute atomic E-state index is 0.481. The molecule has 0 saturated heterocycles. The summed E-state index contributed by atoms with van der Waals surface area (Å²) in [6.45, 7) is 4.05. The molecule has 0 bridgehead atoms. The molecule has 3 N–H and O–H groups in total. The van der Waals surface area contributed by atoms with Gasteiger partial charge in [0.1, 0.15) is 5.75 Å². The molecule has 5 rings (SSSR count). The quantitative estimate of drug-likeness (QED) is 0.317. The lowest BCUT2D eigenvalue weighted by molar-refractivity contribution is 0.461. The van der Waals surface area contributed by atoms with Crippen LogP contribution in [0, 0.1) is 13.8 Å². The molecule has 164 valence electrons. The summed E-state index contributed by atoms with van der Waals surface area (Å²) in [7, 11) is 1.78. The van der Waals surface area contributed by atoms with Crippen LogP contribution in [0.3, 0.4) is 0 Å². The van der Waals surface area contributed by atoms with Crippen molar-refractivity contribution in [2.45, 2.75) is 13.8 Å². The number of fused-ring (bicyclic) bond motifs is 1. The molecular formula is C25H23N7O. The first-order valence-electron chi connectivity index (χ1n) is 10.6. The zero-order valence-electron chi connectivity index (χ0n) is 18.5. The highest BCUT2D eigenvalue weighted by atomic mass is 16.5. The van der Waals surface area contributed by atoms with Gasteiger partial charge in [-0.2, -0.15) is 0 Å². The lowest BCUT2D eigenvalue weighted by Gasteiger charge is -2.13. The molecule has 2 aromatic carbocycles. The summed E-state index contributed by atoms with van der Waals surface area (Å²) in [5.41, 5.74) is 6.49. The van der Waals surface area contributed by atoms with Crippen LogP contribution in [0.25, 0.3) is 22.3 Å². The van der Waals surface area contributed by atoms with Crippen LogP contribution >= 0.6 is 0 Å². The number of aromatic amines is 1. The van der Waals surface area contributed by atoms with Gasteiger partial charge in [-0.1, -0.05) is 12.1 Å². The molecule has 8 heteroatoms. The maximum atomic E-state index is 6.19. The molecule has 5 aromatic rings. The number of anilines is 3. The standard InChI is InChI=1S/C25H23N7O/c1-15-6-4-8-20-22(15)32-25(31-20)29-17-9-10-21(16(2)14-17)33-23-18(7-5-12-27-23)19-11-13-28-24(26-3)30-19/h4-14H,1-3H3,(H,26,28,30)(H2,29,31,32). The van der Waals surface area contributed by atoms with E-state index in [9.17, 15) is 0 Å². The van der Waals surface area contributed by atoms with Crippen LogP contribution in [0.4, 0.5) is 17.6 Å². The van der Waals surface area contributed by atoms with Gasteiger partial charge in [0, 0.05) is 25.1 Å². The van der Waals surface area contributed by atoms with Crippen molar-refractivity contribution in [3.05, 3.63) is 78.1 Å². The number of hydrogen-bond acceptors (Lipinski definition) is 7. The molecule has 0 aliphatic carbocycles. The highest BCUT2D eigenvalue weighted by Crippen LogP contribution is 2.33. The van der Waals surface area contributed by atoms with Crippen molar-refractivity contribution < 1.29 is 4.74 Å². The fourth-order valence-electron chi connectivity index (χ4n) is 3.61. The number of imidazole rings is 1. The Bertz CT molecular complexity index is 1440. The van der Waals surface area contributed by atoms with E-state index in [2.05, 4.69) is 48.5 Å². The Kier molecular flexibility index (Phi) is 5.32. The van der Waals surface area contributed by atoms with Crippen molar-refractivity contribution >= 4 is 28.6 Å². The Labute approximate surface area is 191 Å². The fraction of sp³-hybridized carbons (Fsp3) is 0.120. The van der Waals surface area contributed by atoms with E-state index in [4.69, 9.17) is 4.74 Å². The predicted octanol–water partition coefficient (Wildman–Crippen LogP) is 5.61. The molecule has 3 heterocycles. The van der Waals surface area contributed by atoms with Crippen molar-refractivity contribution in [1.82, 2.24) is 24.9 Å². The Morgan fingerprint density at radius 3 is 2.61 bits per heavy atom. The molecule has 0 radical (unpaired) electrons. The number of H-pyrrole nitrogens is 1. The van der Waals surface area contributed by atoms with E-state index in [1.54, 1.807) is 19.4 Å². The molecule has 3 aromatic heterocycles. The summed E-state index contributed by atoms with van der Waals surface area (Å²) < 4.78 is 6.19. The largest absolute Gasteiger partial charge is 0.438 e. The summed E-state index contributed by atoms with van der Waals surface area (Å²) in [4.78, 5) is 21.1. The van der Waals surface area contributed by atoms with Gasteiger partial charge in [-0.15, -0.1) is 0 Å². The Morgan fingerprint density at radius 2 is 1.79 bits per heavy atom. The summed E-state index contributed by atoms with van der Waals surface area (Å²) in [6.07, 6.45) is 3.41. The van der Waals surface area contributed by atoms with E-state index < -0.39 is 0 Å². The molecule has 33 heavy (non-hydrogen) atoms. The predicted molar refractivity (Wildman–Crippen MR) is 130 cm³/mol. The lowest BCUT2D eigenvalue weighted by atomic mass is 10.2. The van der Waals surface area contributed by atoms with Gasteiger partial charge in [0.15, 0.2) is 0 Å². The Morgan fingerprint density at radius 1 is 0.879 bits per heavy atom. The van der Waals surface area contributed by atoms with E-state index in [0.29, 0.717) is 23.5 Å². The van der Waals surface area contributed by atoms with Crippen LogP contribution in [0.2, 0.25) is 0 Å². The van der Waals surface area contributed by atoms with Gasteiger partial charge in [0.25, 0.3) is 0 Å². The molecule has 0 atom stereocenters. The number of nitrogens with one attached hydrogen (secondary N) is 3. The van der Waals surface area contributed by atoms with Crippen LogP contribution in [-0.2, 0) is 0 Å². The van der Waals surface area contributed by atoms with Crippen LogP contribution in [-0.4, -0.2) is 32.0 Å². The number of hydrogen-bond donors (Lipinski definition) is 3. The molecule has 8 nitrogen and oxygen atoms in total. The van der Waals surface area contributed by atoms with Gasteiger partial charge in [-0.3, -0.25) is 0 Å². The maximum absolute atomic E-state index is 6.19. The number of ether oxygens (including phenoxy) is 1. The highest BCUT2D eigenvalue weighted by Gasteiger charge is 2.13. The number of para-hydroxylation sites is 1. The van der Waals surface area contributed by atoms with E-state index in [0.717, 1.165) is 39.1 Å². The minimum atomic E-state index is 0.481.